The number of hydrogen-bond acceptors (Lipinski definition) is 5. The zero-order chi connectivity index (χ0) is 24.1. The van der Waals surface area contributed by atoms with Gasteiger partial charge in [0.05, 0.1) is 30.9 Å². The Morgan fingerprint density at radius 3 is 2.50 bits per heavy atom. The number of furan rings is 1. The normalized spacial score (nSPS) is 21.1. The Hall–Kier alpha value is -3.29. The van der Waals surface area contributed by atoms with E-state index in [0.717, 1.165) is 24.2 Å². The van der Waals surface area contributed by atoms with Crippen molar-refractivity contribution in [3.05, 3.63) is 54.0 Å². The van der Waals surface area contributed by atoms with E-state index in [1.54, 1.807) is 18.1 Å². The van der Waals surface area contributed by atoms with Crippen LogP contribution in [-0.4, -0.2) is 60.3 Å². The molecule has 1 aromatic heterocycles. The number of hydrogen-bond donors (Lipinski definition) is 1. The van der Waals surface area contributed by atoms with Crippen molar-refractivity contribution in [2.75, 3.05) is 26.7 Å². The number of nitrogens with one attached hydrogen (secondary N) is 1. The second kappa shape index (κ2) is 10.8. The van der Waals surface area contributed by atoms with Gasteiger partial charge in [-0.2, -0.15) is 0 Å². The van der Waals surface area contributed by atoms with Gasteiger partial charge in [0.1, 0.15) is 12.0 Å². The maximum atomic E-state index is 13.4. The molecule has 2 atom stereocenters. The Bertz CT molecular complexity index is 980. The molecule has 0 spiro atoms. The molecule has 182 valence electrons. The molecule has 4 rings (SSSR count). The van der Waals surface area contributed by atoms with Crippen LogP contribution in [0.5, 0.6) is 5.75 Å². The lowest BCUT2D eigenvalue weighted by molar-refractivity contribution is -0.129. The van der Waals surface area contributed by atoms with E-state index in [9.17, 15) is 14.4 Å². The van der Waals surface area contributed by atoms with Gasteiger partial charge in [0.25, 0.3) is 5.91 Å². The lowest BCUT2D eigenvalue weighted by Gasteiger charge is -2.33. The Morgan fingerprint density at radius 2 is 1.88 bits per heavy atom. The first-order valence-electron chi connectivity index (χ1n) is 12.1. The van der Waals surface area contributed by atoms with Crippen LogP contribution >= 0.6 is 0 Å². The molecule has 3 amide bonds. The predicted molar refractivity (Wildman–Crippen MR) is 126 cm³/mol. The van der Waals surface area contributed by atoms with Crippen molar-refractivity contribution in [3.8, 4) is 5.75 Å². The van der Waals surface area contributed by atoms with Crippen molar-refractivity contribution >= 4 is 17.7 Å². The van der Waals surface area contributed by atoms with E-state index < -0.39 is 5.92 Å². The standard InChI is InChI=1S/C26H33N3O5/c1-3-4-12-29-23(30)16-22(24(29)18-5-7-21(33-2)8-6-18)25(31)27-20-9-13-28(14-10-20)26(32)19-11-15-34-17-19/h5-8,11,15,17,20,22,24H,3-4,9-10,12-14,16H2,1-2H3,(H,27,31)/t22-,24-/m1/s1. The largest absolute Gasteiger partial charge is 0.497 e. The van der Waals surface area contributed by atoms with Crippen LogP contribution < -0.4 is 10.1 Å². The highest BCUT2D eigenvalue weighted by atomic mass is 16.5. The minimum absolute atomic E-state index is 0.0165. The molecule has 0 aliphatic carbocycles. The Balaban J connectivity index is 1.42. The van der Waals surface area contributed by atoms with Crippen LogP contribution in [0.1, 0.15) is 61.0 Å². The maximum Gasteiger partial charge on any atom is 0.257 e. The third-order valence-corrected chi connectivity index (χ3v) is 6.88. The van der Waals surface area contributed by atoms with Gasteiger partial charge in [-0.15, -0.1) is 0 Å². The number of rotatable bonds is 8. The number of methoxy groups -OCH3 is 1. The van der Waals surface area contributed by atoms with Crippen molar-refractivity contribution < 1.29 is 23.5 Å². The highest BCUT2D eigenvalue weighted by molar-refractivity contribution is 5.94. The summed E-state index contributed by atoms with van der Waals surface area (Å²) in [4.78, 5) is 42.5. The van der Waals surface area contributed by atoms with Crippen LogP contribution in [-0.2, 0) is 9.59 Å². The topological polar surface area (TPSA) is 92.1 Å². The molecule has 1 aromatic carbocycles. The van der Waals surface area contributed by atoms with E-state index in [4.69, 9.17) is 9.15 Å². The highest BCUT2D eigenvalue weighted by Gasteiger charge is 2.44. The molecule has 2 aromatic rings. The van der Waals surface area contributed by atoms with Gasteiger partial charge >= 0.3 is 0 Å². The zero-order valence-corrected chi connectivity index (χ0v) is 19.9. The number of nitrogens with zero attached hydrogens (tertiary/aromatic N) is 2. The minimum Gasteiger partial charge on any atom is -0.497 e. The van der Waals surface area contributed by atoms with Crippen molar-refractivity contribution in [2.45, 2.75) is 51.1 Å². The summed E-state index contributed by atoms with van der Waals surface area (Å²) in [5, 5.41) is 3.18. The third kappa shape index (κ3) is 5.11. The van der Waals surface area contributed by atoms with Gasteiger partial charge in [-0.25, -0.2) is 0 Å². The number of carbonyl (C=O) groups excluding carboxylic acids is 3. The Kier molecular flexibility index (Phi) is 7.55. The molecule has 8 nitrogen and oxygen atoms in total. The van der Waals surface area contributed by atoms with Crippen LogP contribution in [0.25, 0.3) is 0 Å². The number of unbranched alkanes of at least 4 members (excludes halogenated alkanes) is 1. The molecular weight excluding hydrogens is 434 g/mol. The zero-order valence-electron chi connectivity index (χ0n) is 19.9. The first-order chi connectivity index (χ1) is 16.5. The van der Waals surface area contributed by atoms with Gasteiger partial charge in [-0.1, -0.05) is 25.5 Å². The number of likely N-dealkylation sites (tertiary alicyclic amines) is 2. The number of benzene rings is 1. The number of ether oxygens (including phenoxy) is 1. The first-order valence-corrected chi connectivity index (χ1v) is 12.1. The van der Waals surface area contributed by atoms with Gasteiger partial charge in [0.2, 0.25) is 11.8 Å². The molecule has 2 saturated heterocycles. The smallest absolute Gasteiger partial charge is 0.257 e. The summed E-state index contributed by atoms with van der Waals surface area (Å²) in [6.45, 7) is 3.88. The molecule has 3 heterocycles. The molecule has 0 unspecified atom stereocenters. The number of piperidine rings is 1. The van der Waals surface area contributed by atoms with Gasteiger partial charge in [0.15, 0.2) is 0 Å². The Morgan fingerprint density at radius 1 is 1.15 bits per heavy atom. The maximum absolute atomic E-state index is 13.4. The van der Waals surface area contributed by atoms with Gasteiger partial charge in [-0.05, 0) is 43.0 Å². The van der Waals surface area contributed by atoms with Crippen molar-refractivity contribution in [2.24, 2.45) is 5.92 Å². The Labute approximate surface area is 200 Å². The fraction of sp³-hybridized carbons (Fsp3) is 0.500. The van der Waals surface area contributed by atoms with Crippen LogP contribution in [0, 0.1) is 5.92 Å². The summed E-state index contributed by atoms with van der Waals surface area (Å²) in [5.74, 6) is 0.183. The van der Waals surface area contributed by atoms with E-state index in [2.05, 4.69) is 12.2 Å². The van der Waals surface area contributed by atoms with Crippen LogP contribution in [0.4, 0.5) is 0 Å². The van der Waals surface area contributed by atoms with Crippen molar-refractivity contribution in [3.63, 3.8) is 0 Å². The summed E-state index contributed by atoms with van der Waals surface area (Å²) in [7, 11) is 1.62. The molecule has 0 bridgehead atoms. The molecule has 2 aliphatic rings. The SMILES string of the molecule is CCCCN1C(=O)C[C@@H](C(=O)NC2CCN(C(=O)c3ccoc3)CC2)[C@H]1c1ccc(OC)cc1. The fourth-order valence-electron chi connectivity index (χ4n) is 4.93. The number of carbonyl (C=O) groups is 3. The lowest BCUT2D eigenvalue weighted by Crippen LogP contribution is -2.48. The fourth-order valence-corrected chi connectivity index (χ4v) is 4.93. The van der Waals surface area contributed by atoms with Crippen LogP contribution in [0.2, 0.25) is 0 Å². The monoisotopic (exact) mass is 467 g/mol. The van der Waals surface area contributed by atoms with E-state index in [-0.39, 0.29) is 36.2 Å². The summed E-state index contributed by atoms with van der Waals surface area (Å²) in [6, 6.07) is 9.00. The second-order valence-corrected chi connectivity index (χ2v) is 9.06. The van der Waals surface area contributed by atoms with Gasteiger partial charge < -0.3 is 24.3 Å². The van der Waals surface area contributed by atoms with Gasteiger partial charge in [-0.3, -0.25) is 14.4 Å². The summed E-state index contributed by atoms with van der Waals surface area (Å²) < 4.78 is 10.3. The predicted octanol–water partition coefficient (Wildman–Crippen LogP) is 3.40. The molecule has 34 heavy (non-hydrogen) atoms. The molecule has 0 radical (unpaired) electrons. The van der Waals surface area contributed by atoms with E-state index >= 15 is 0 Å². The van der Waals surface area contributed by atoms with Gasteiger partial charge in [0, 0.05) is 32.1 Å². The molecule has 8 heteroatoms. The molecule has 2 fully saturated rings. The van der Waals surface area contributed by atoms with Crippen molar-refractivity contribution in [1.29, 1.82) is 0 Å². The third-order valence-electron chi connectivity index (χ3n) is 6.88. The molecule has 1 N–H and O–H groups in total. The van der Waals surface area contributed by atoms with Crippen molar-refractivity contribution in [1.82, 2.24) is 15.1 Å². The van der Waals surface area contributed by atoms with Crippen LogP contribution in [0.15, 0.2) is 47.3 Å². The average molecular weight is 468 g/mol. The summed E-state index contributed by atoms with van der Waals surface area (Å²) in [6.07, 6.45) is 6.40. The second-order valence-electron chi connectivity index (χ2n) is 9.06. The van der Waals surface area contributed by atoms with E-state index in [1.807, 2.05) is 29.2 Å². The summed E-state index contributed by atoms with van der Waals surface area (Å²) >= 11 is 0. The average Bonchev–Trinajstić information content (AvgIpc) is 3.51. The molecule has 2 aliphatic heterocycles. The quantitative estimate of drug-likeness (QED) is 0.643. The highest BCUT2D eigenvalue weighted by Crippen LogP contribution is 2.39. The minimum atomic E-state index is -0.441. The molecule has 0 saturated carbocycles. The van der Waals surface area contributed by atoms with E-state index in [1.165, 1.54) is 12.5 Å². The number of amides is 3. The van der Waals surface area contributed by atoms with E-state index in [0.29, 0.717) is 38.0 Å². The molecular formula is C26H33N3O5. The summed E-state index contributed by atoms with van der Waals surface area (Å²) in [5.41, 5.74) is 1.49. The first kappa shape index (κ1) is 23.9. The van der Waals surface area contributed by atoms with Crippen LogP contribution in [0.3, 0.4) is 0 Å². The lowest BCUT2D eigenvalue weighted by atomic mass is 9.91.